The lowest BCUT2D eigenvalue weighted by molar-refractivity contribution is 0.962. The lowest BCUT2D eigenvalue weighted by Gasteiger charge is -1.92. The average Bonchev–Trinajstić information content (AvgIpc) is 2.15. The van der Waals surface area contributed by atoms with E-state index in [4.69, 9.17) is 0 Å². The number of hydrogen-bond acceptors (Lipinski definition) is 0. The molecule has 0 fully saturated rings. The fraction of sp³-hybridized carbons (Fsp3) is 0.375. The van der Waals surface area contributed by atoms with Gasteiger partial charge in [0.2, 0.25) is 0 Å². The highest BCUT2D eigenvalue weighted by molar-refractivity contribution is 5.13. The molecule has 0 saturated carbocycles. The number of hydrogen-bond donors (Lipinski definition) is 0. The first-order valence-corrected chi connectivity index (χ1v) is 6.28. The third-order valence-electron chi connectivity index (χ3n) is 2.44. The molecule has 0 N–H and O–H groups in total. The lowest BCUT2D eigenvalue weighted by atomic mass is 10.1. The van der Waals surface area contributed by atoms with Crippen molar-refractivity contribution in [2.24, 2.45) is 0 Å². The Morgan fingerprint density at radius 2 is 0.625 bits per heavy atom. The van der Waals surface area contributed by atoms with Crippen molar-refractivity contribution < 1.29 is 0 Å². The molecule has 0 heterocycles. The number of rotatable bonds is 0. The SMILES string of the molecule is C1=CC=CCCC=C1.C1=CCCC=CCC1. The minimum Gasteiger partial charge on any atom is -0.0882 e. The Labute approximate surface area is 99.8 Å². The van der Waals surface area contributed by atoms with Crippen LogP contribution in [-0.2, 0) is 0 Å². The van der Waals surface area contributed by atoms with Gasteiger partial charge < -0.3 is 0 Å². The van der Waals surface area contributed by atoms with E-state index in [-0.39, 0.29) is 0 Å². The van der Waals surface area contributed by atoms with Crippen LogP contribution in [0.5, 0.6) is 0 Å². The molecule has 86 valence electrons. The van der Waals surface area contributed by atoms with Gasteiger partial charge in [-0.05, 0) is 38.5 Å². The molecule has 2 aliphatic rings. The van der Waals surface area contributed by atoms with Crippen molar-refractivity contribution in [3.05, 3.63) is 60.8 Å². The maximum atomic E-state index is 2.27. The topological polar surface area (TPSA) is 0 Å². The Morgan fingerprint density at radius 3 is 1.00 bits per heavy atom. The fourth-order valence-corrected chi connectivity index (χ4v) is 1.53. The third-order valence-corrected chi connectivity index (χ3v) is 2.44. The average molecular weight is 214 g/mol. The van der Waals surface area contributed by atoms with Crippen LogP contribution >= 0.6 is 0 Å². The Balaban J connectivity index is 0.000000160. The van der Waals surface area contributed by atoms with Crippen LogP contribution in [0, 0.1) is 0 Å². The van der Waals surface area contributed by atoms with Crippen molar-refractivity contribution in [3.8, 4) is 0 Å². The summed E-state index contributed by atoms with van der Waals surface area (Å²) in [4.78, 5) is 0. The molecule has 0 amide bonds. The van der Waals surface area contributed by atoms with Crippen LogP contribution in [0.3, 0.4) is 0 Å². The predicted octanol–water partition coefficient (Wildman–Crippen LogP) is 5.12. The summed E-state index contributed by atoms with van der Waals surface area (Å²) in [6, 6.07) is 0. The summed E-state index contributed by atoms with van der Waals surface area (Å²) in [5.74, 6) is 0. The van der Waals surface area contributed by atoms with Crippen LogP contribution in [0.15, 0.2) is 60.8 Å². The van der Waals surface area contributed by atoms with Gasteiger partial charge in [-0.15, -0.1) is 0 Å². The summed E-state index contributed by atoms with van der Waals surface area (Å²) in [6.07, 6.45) is 29.0. The van der Waals surface area contributed by atoms with E-state index in [1.165, 1.54) is 38.5 Å². The Bertz CT molecular complexity index is 245. The van der Waals surface area contributed by atoms with Crippen molar-refractivity contribution in [2.75, 3.05) is 0 Å². The maximum absolute atomic E-state index is 2.27. The smallest absolute Gasteiger partial charge is 0.0313 e. The van der Waals surface area contributed by atoms with Gasteiger partial charge in [-0.3, -0.25) is 0 Å². The van der Waals surface area contributed by atoms with E-state index < -0.39 is 0 Å². The third kappa shape index (κ3) is 8.05. The molecule has 2 aliphatic carbocycles. The molecule has 0 nitrogen and oxygen atoms in total. The van der Waals surface area contributed by atoms with Crippen LogP contribution in [0.25, 0.3) is 0 Å². The van der Waals surface area contributed by atoms with E-state index in [2.05, 4.69) is 60.8 Å². The fourth-order valence-electron chi connectivity index (χ4n) is 1.53. The zero-order valence-electron chi connectivity index (χ0n) is 10.0. The predicted molar refractivity (Wildman–Crippen MR) is 73.4 cm³/mol. The molecule has 0 atom stereocenters. The van der Waals surface area contributed by atoms with Crippen LogP contribution in [-0.4, -0.2) is 0 Å². The Morgan fingerprint density at radius 1 is 0.312 bits per heavy atom. The molecule has 0 unspecified atom stereocenters. The minimum absolute atomic E-state index is 1.18. The van der Waals surface area contributed by atoms with Crippen molar-refractivity contribution in [2.45, 2.75) is 38.5 Å². The van der Waals surface area contributed by atoms with Crippen LogP contribution in [0.4, 0.5) is 0 Å². The highest BCUT2D eigenvalue weighted by Gasteiger charge is 1.81. The summed E-state index contributed by atoms with van der Waals surface area (Å²) in [6.45, 7) is 0. The van der Waals surface area contributed by atoms with Crippen LogP contribution in [0.2, 0.25) is 0 Å². The van der Waals surface area contributed by atoms with E-state index in [0.717, 1.165) is 0 Å². The van der Waals surface area contributed by atoms with Crippen molar-refractivity contribution in [1.29, 1.82) is 0 Å². The normalized spacial score (nSPS) is 19.0. The van der Waals surface area contributed by atoms with Gasteiger partial charge in [0, 0.05) is 0 Å². The second-order valence-corrected chi connectivity index (χ2v) is 3.92. The summed E-state index contributed by atoms with van der Waals surface area (Å²) >= 11 is 0. The van der Waals surface area contributed by atoms with Gasteiger partial charge in [-0.2, -0.15) is 0 Å². The first-order chi connectivity index (χ1) is 8.00. The van der Waals surface area contributed by atoms with Crippen LogP contribution in [0.1, 0.15) is 38.5 Å². The molecule has 0 bridgehead atoms. The number of allylic oxidation sites excluding steroid dienone is 10. The largest absolute Gasteiger partial charge is 0.0882 e. The molecule has 0 radical (unpaired) electrons. The first-order valence-electron chi connectivity index (χ1n) is 6.28. The Hall–Kier alpha value is -1.30. The molecule has 2 rings (SSSR count). The van der Waals surface area contributed by atoms with Crippen molar-refractivity contribution in [1.82, 2.24) is 0 Å². The van der Waals surface area contributed by atoms with Crippen molar-refractivity contribution >= 4 is 0 Å². The highest BCUT2D eigenvalue weighted by atomic mass is 13.9. The van der Waals surface area contributed by atoms with Crippen molar-refractivity contribution in [3.63, 3.8) is 0 Å². The van der Waals surface area contributed by atoms with Gasteiger partial charge in [0.25, 0.3) is 0 Å². The molecule has 0 spiro atoms. The van der Waals surface area contributed by atoms with Gasteiger partial charge in [-0.1, -0.05) is 60.8 Å². The van der Waals surface area contributed by atoms with Crippen LogP contribution < -0.4 is 0 Å². The first kappa shape index (κ1) is 12.8. The van der Waals surface area contributed by atoms with Gasteiger partial charge in [0.1, 0.15) is 0 Å². The molecule has 0 aromatic heterocycles. The van der Waals surface area contributed by atoms with E-state index >= 15 is 0 Å². The zero-order valence-corrected chi connectivity index (χ0v) is 10.0. The summed E-state index contributed by atoms with van der Waals surface area (Å²) < 4.78 is 0. The highest BCUT2D eigenvalue weighted by Crippen LogP contribution is 2.02. The Kier molecular flexibility index (Phi) is 8.16. The summed E-state index contributed by atoms with van der Waals surface area (Å²) in [7, 11) is 0. The monoisotopic (exact) mass is 214 g/mol. The molecule has 0 aromatic carbocycles. The molecule has 0 aromatic rings. The summed E-state index contributed by atoms with van der Waals surface area (Å²) in [5.41, 5.74) is 0. The quantitative estimate of drug-likeness (QED) is 0.491. The molecule has 0 saturated heterocycles. The van der Waals surface area contributed by atoms with E-state index in [1.54, 1.807) is 0 Å². The van der Waals surface area contributed by atoms with Gasteiger partial charge in [0.15, 0.2) is 0 Å². The van der Waals surface area contributed by atoms with Gasteiger partial charge in [0.05, 0.1) is 0 Å². The molecule has 16 heavy (non-hydrogen) atoms. The molecular formula is C16H22. The minimum atomic E-state index is 1.18. The lowest BCUT2D eigenvalue weighted by Crippen LogP contribution is -1.71. The van der Waals surface area contributed by atoms with E-state index in [0.29, 0.717) is 0 Å². The molecule has 0 aliphatic heterocycles. The molecule has 0 heteroatoms. The standard InChI is InChI=1S/C8H12.C8H10/c2*1-2-4-6-8-7-5-3-1/h1-2,7-8H,3-6H2;1-6H,7-8H2. The maximum Gasteiger partial charge on any atom is -0.0313 e. The second kappa shape index (κ2) is 10.2. The van der Waals surface area contributed by atoms with Gasteiger partial charge >= 0.3 is 0 Å². The van der Waals surface area contributed by atoms with Gasteiger partial charge in [-0.25, -0.2) is 0 Å². The summed E-state index contributed by atoms with van der Waals surface area (Å²) in [5, 5.41) is 0. The second-order valence-electron chi connectivity index (χ2n) is 3.92. The van der Waals surface area contributed by atoms with E-state index in [1.807, 2.05) is 0 Å². The molecular weight excluding hydrogens is 192 g/mol. The van der Waals surface area contributed by atoms with E-state index in [9.17, 15) is 0 Å². The zero-order chi connectivity index (χ0) is 11.3.